The summed E-state index contributed by atoms with van der Waals surface area (Å²) >= 11 is 0. The lowest BCUT2D eigenvalue weighted by atomic mass is 10.2. The molecule has 0 spiro atoms. The first-order valence-electron chi connectivity index (χ1n) is 9.87. The van der Waals surface area contributed by atoms with E-state index in [2.05, 4.69) is 37.7 Å². The molecule has 2 aromatic heterocycles. The number of aromatic amines is 1. The number of rotatable bonds is 7. The molecule has 0 aliphatic carbocycles. The summed E-state index contributed by atoms with van der Waals surface area (Å²) in [6.45, 7) is 0.825. The molecule has 0 atom stereocenters. The fourth-order valence-corrected chi connectivity index (χ4v) is 3.25. The summed E-state index contributed by atoms with van der Waals surface area (Å²) in [7, 11) is 0. The second-order valence-corrected chi connectivity index (χ2v) is 7.00. The Bertz CT molecular complexity index is 1300. The zero-order chi connectivity index (χ0) is 20.9. The normalized spacial score (nSPS) is 10.8. The van der Waals surface area contributed by atoms with Crippen LogP contribution in [0, 0.1) is 0 Å². The average molecular weight is 409 g/mol. The van der Waals surface area contributed by atoms with Crippen LogP contribution in [0.1, 0.15) is 11.3 Å². The molecule has 0 fully saturated rings. The quantitative estimate of drug-likeness (QED) is 0.424. The monoisotopic (exact) mass is 409 g/mol. The minimum atomic E-state index is 0.405. The van der Waals surface area contributed by atoms with Gasteiger partial charge in [0.2, 0.25) is 0 Å². The van der Waals surface area contributed by atoms with E-state index in [9.17, 15) is 0 Å². The summed E-state index contributed by atoms with van der Waals surface area (Å²) in [4.78, 5) is 4.65. The number of pyridine rings is 1. The molecule has 5 aromatic rings. The van der Waals surface area contributed by atoms with Crippen molar-refractivity contribution in [2.24, 2.45) is 0 Å². The number of benzene rings is 3. The van der Waals surface area contributed by atoms with Crippen molar-refractivity contribution in [2.45, 2.75) is 13.2 Å². The molecule has 152 valence electrons. The highest BCUT2D eigenvalue weighted by Gasteiger charge is 2.05. The number of nitrogens with one attached hydrogen (secondary N) is 1. The molecule has 0 saturated carbocycles. The van der Waals surface area contributed by atoms with E-state index in [0.717, 1.165) is 39.2 Å². The summed E-state index contributed by atoms with van der Waals surface area (Å²) in [5, 5.41) is 15.0. The standard InChI is InChI=1S/C24H19N5O2/c1-2-10-23-18(6-1)11-12-20(25-23)16-31-21-8-3-5-17(13-21)15-30-22-9-4-7-19(14-22)24-26-28-29-27-24/h1-14H,15-16H2,(H,26,27,28,29). The number of nitrogens with zero attached hydrogens (tertiary/aromatic N) is 4. The van der Waals surface area contributed by atoms with Gasteiger partial charge in [0.15, 0.2) is 5.82 Å². The number of para-hydroxylation sites is 1. The molecular formula is C24H19N5O2. The van der Waals surface area contributed by atoms with Gasteiger partial charge < -0.3 is 9.47 Å². The Kier molecular flexibility index (Phi) is 5.22. The lowest BCUT2D eigenvalue weighted by Gasteiger charge is -2.10. The molecule has 0 unspecified atom stereocenters. The van der Waals surface area contributed by atoms with Crippen LogP contribution in [0.2, 0.25) is 0 Å². The second-order valence-electron chi connectivity index (χ2n) is 7.00. The van der Waals surface area contributed by atoms with Gasteiger partial charge in [0.25, 0.3) is 0 Å². The van der Waals surface area contributed by atoms with Gasteiger partial charge in [-0.2, -0.15) is 0 Å². The molecule has 0 amide bonds. The number of hydrogen-bond donors (Lipinski definition) is 1. The molecule has 31 heavy (non-hydrogen) atoms. The van der Waals surface area contributed by atoms with Crippen LogP contribution in [0.3, 0.4) is 0 Å². The number of H-pyrrole nitrogens is 1. The predicted molar refractivity (Wildman–Crippen MR) is 116 cm³/mol. The summed E-state index contributed by atoms with van der Waals surface area (Å²) in [6, 6.07) is 27.6. The second kappa shape index (κ2) is 8.62. The number of fused-ring (bicyclic) bond motifs is 1. The van der Waals surface area contributed by atoms with E-state index in [1.807, 2.05) is 72.8 Å². The molecule has 3 aromatic carbocycles. The lowest BCUT2D eigenvalue weighted by molar-refractivity contribution is 0.293. The van der Waals surface area contributed by atoms with Crippen molar-refractivity contribution >= 4 is 10.9 Å². The van der Waals surface area contributed by atoms with Crippen molar-refractivity contribution in [1.29, 1.82) is 0 Å². The zero-order valence-electron chi connectivity index (χ0n) is 16.6. The molecule has 0 saturated heterocycles. The maximum absolute atomic E-state index is 5.96. The number of hydrogen-bond acceptors (Lipinski definition) is 6. The van der Waals surface area contributed by atoms with Crippen LogP contribution < -0.4 is 9.47 Å². The van der Waals surface area contributed by atoms with Gasteiger partial charge in [-0.15, -0.1) is 5.10 Å². The van der Waals surface area contributed by atoms with E-state index >= 15 is 0 Å². The van der Waals surface area contributed by atoms with Crippen LogP contribution in [-0.4, -0.2) is 25.6 Å². The Morgan fingerprint density at radius 2 is 1.58 bits per heavy atom. The first kappa shape index (κ1) is 18.7. The third-order valence-electron chi connectivity index (χ3n) is 4.80. The smallest absolute Gasteiger partial charge is 0.179 e. The van der Waals surface area contributed by atoms with E-state index < -0.39 is 0 Å². The van der Waals surface area contributed by atoms with E-state index in [1.54, 1.807) is 0 Å². The van der Waals surface area contributed by atoms with Crippen molar-refractivity contribution in [1.82, 2.24) is 25.6 Å². The van der Waals surface area contributed by atoms with Crippen molar-refractivity contribution in [3.05, 3.63) is 96.2 Å². The highest BCUT2D eigenvalue weighted by molar-refractivity contribution is 5.78. The summed E-state index contributed by atoms with van der Waals surface area (Å²) in [5.74, 6) is 2.11. The molecule has 0 bridgehead atoms. The number of aromatic nitrogens is 5. The minimum absolute atomic E-state index is 0.405. The van der Waals surface area contributed by atoms with Crippen LogP contribution >= 0.6 is 0 Å². The van der Waals surface area contributed by atoms with Gasteiger partial charge in [0.1, 0.15) is 24.7 Å². The molecule has 0 aliphatic rings. The summed E-state index contributed by atoms with van der Waals surface area (Å²) in [6.07, 6.45) is 0. The van der Waals surface area contributed by atoms with Crippen LogP contribution in [0.5, 0.6) is 11.5 Å². The van der Waals surface area contributed by atoms with E-state index in [4.69, 9.17) is 9.47 Å². The number of tetrazole rings is 1. The van der Waals surface area contributed by atoms with E-state index in [-0.39, 0.29) is 0 Å². The molecule has 2 heterocycles. The largest absolute Gasteiger partial charge is 0.489 e. The molecule has 1 N–H and O–H groups in total. The third kappa shape index (κ3) is 4.51. The van der Waals surface area contributed by atoms with Gasteiger partial charge in [-0.1, -0.05) is 48.5 Å². The molecular weight excluding hydrogens is 390 g/mol. The highest BCUT2D eigenvalue weighted by Crippen LogP contribution is 2.22. The fourth-order valence-electron chi connectivity index (χ4n) is 3.25. The topological polar surface area (TPSA) is 85.8 Å². The predicted octanol–water partition coefficient (Wildman–Crippen LogP) is 4.57. The average Bonchev–Trinajstić information content (AvgIpc) is 3.37. The van der Waals surface area contributed by atoms with Crippen molar-refractivity contribution in [3.8, 4) is 22.9 Å². The first-order chi connectivity index (χ1) is 15.3. The van der Waals surface area contributed by atoms with E-state index in [1.165, 1.54) is 0 Å². The van der Waals surface area contributed by atoms with Gasteiger partial charge in [-0.25, -0.2) is 10.1 Å². The SMILES string of the molecule is c1cc(COc2cccc(-c3nnn[nH]3)c2)cc(OCc2ccc3ccccc3n2)c1. The first-order valence-corrected chi connectivity index (χ1v) is 9.87. The summed E-state index contributed by atoms with van der Waals surface area (Å²) < 4.78 is 11.9. The van der Waals surface area contributed by atoms with Crippen molar-refractivity contribution in [2.75, 3.05) is 0 Å². The van der Waals surface area contributed by atoms with E-state index in [0.29, 0.717) is 19.0 Å². The Morgan fingerprint density at radius 1 is 0.742 bits per heavy atom. The van der Waals surface area contributed by atoms with Crippen molar-refractivity contribution in [3.63, 3.8) is 0 Å². The molecule has 5 rings (SSSR count). The zero-order valence-corrected chi connectivity index (χ0v) is 16.6. The molecule has 0 aliphatic heterocycles. The molecule has 0 radical (unpaired) electrons. The summed E-state index contributed by atoms with van der Waals surface area (Å²) in [5.41, 5.74) is 3.73. The van der Waals surface area contributed by atoms with Crippen LogP contribution in [0.15, 0.2) is 84.9 Å². The van der Waals surface area contributed by atoms with Crippen LogP contribution in [0.25, 0.3) is 22.3 Å². The maximum Gasteiger partial charge on any atom is 0.179 e. The van der Waals surface area contributed by atoms with Crippen LogP contribution in [-0.2, 0) is 13.2 Å². The van der Waals surface area contributed by atoms with Gasteiger partial charge >= 0.3 is 0 Å². The molecule has 7 heteroatoms. The Hall–Kier alpha value is -4.26. The van der Waals surface area contributed by atoms with Gasteiger partial charge in [0.05, 0.1) is 11.2 Å². The molecule has 7 nitrogen and oxygen atoms in total. The van der Waals surface area contributed by atoms with Gasteiger partial charge in [-0.05, 0) is 52.4 Å². The number of ether oxygens (including phenoxy) is 2. The Balaban J connectivity index is 1.22. The van der Waals surface area contributed by atoms with Gasteiger partial charge in [0, 0.05) is 10.9 Å². The van der Waals surface area contributed by atoms with Gasteiger partial charge in [-0.3, -0.25) is 0 Å². The highest BCUT2D eigenvalue weighted by atomic mass is 16.5. The maximum atomic E-state index is 5.96. The lowest BCUT2D eigenvalue weighted by Crippen LogP contribution is -2.00. The fraction of sp³-hybridized carbons (Fsp3) is 0.0833. The van der Waals surface area contributed by atoms with Crippen molar-refractivity contribution < 1.29 is 9.47 Å². The minimum Gasteiger partial charge on any atom is -0.489 e. The Labute approximate surface area is 178 Å². The third-order valence-corrected chi connectivity index (χ3v) is 4.80. The van der Waals surface area contributed by atoms with Crippen LogP contribution in [0.4, 0.5) is 0 Å². The Morgan fingerprint density at radius 3 is 2.48 bits per heavy atom.